The monoisotopic (exact) mass is 438 g/mol. The van der Waals surface area contributed by atoms with Gasteiger partial charge in [0.25, 0.3) is 0 Å². The van der Waals surface area contributed by atoms with E-state index in [9.17, 15) is 15.2 Å². The number of hydrogen-bond donors (Lipinski definition) is 1. The normalized spacial score (nSPS) is 13.8. The van der Waals surface area contributed by atoms with Crippen molar-refractivity contribution >= 4 is 17.2 Å². The maximum absolute atomic E-state index is 12.6. The Labute approximate surface area is 190 Å². The largest absolute Gasteiger partial charge is 0.506 e. The molecule has 1 aromatic carbocycles. The van der Waals surface area contributed by atoms with Gasteiger partial charge in [0.2, 0.25) is 5.91 Å². The number of piperazine rings is 1. The van der Waals surface area contributed by atoms with E-state index in [-0.39, 0.29) is 11.7 Å². The summed E-state index contributed by atoms with van der Waals surface area (Å²) in [5.74, 6) is 1.04. The summed E-state index contributed by atoms with van der Waals surface area (Å²) in [6, 6.07) is 17.4. The number of carbonyl (C=O) groups is 1. The molecule has 0 saturated carbocycles. The number of carbonyl (C=O) groups excluding carboxylic acids is 1. The molecule has 0 radical (unpaired) electrons. The summed E-state index contributed by atoms with van der Waals surface area (Å²) in [4.78, 5) is 21.3. The van der Waals surface area contributed by atoms with Crippen LogP contribution in [0.25, 0.3) is 16.6 Å². The summed E-state index contributed by atoms with van der Waals surface area (Å²) >= 11 is 0. The summed E-state index contributed by atoms with van der Waals surface area (Å²) in [6.45, 7) is 2.74. The van der Waals surface area contributed by atoms with Gasteiger partial charge in [-0.2, -0.15) is 10.4 Å². The van der Waals surface area contributed by atoms with E-state index >= 15 is 0 Å². The van der Waals surface area contributed by atoms with Crippen LogP contribution in [0.1, 0.15) is 11.1 Å². The Hall–Kier alpha value is -4.38. The van der Waals surface area contributed by atoms with Crippen molar-refractivity contribution in [2.75, 3.05) is 31.1 Å². The first kappa shape index (κ1) is 20.5. The molecule has 1 amide bonds. The van der Waals surface area contributed by atoms with E-state index in [0.717, 1.165) is 16.9 Å². The molecule has 1 fully saturated rings. The second-order valence-electron chi connectivity index (χ2n) is 8.01. The van der Waals surface area contributed by atoms with Gasteiger partial charge in [0.1, 0.15) is 17.6 Å². The van der Waals surface area contributed by atoms with E-state index in [1.165, 1.54) is 16.9 Å². The molecule has 0 unspecified atom stereocenters. The Bertz CT molecular complexity index is 1330. The SMILES string of the molecule is N#Cc1cnn2cc(O)cc(-c3ccc(N4CCN(C(=O)Cc5ccccc5)CC4)nc3)c12. The van der Waals surface area contributed by atoms with Gasteiger partial charge in [-0.1, -0.05) is 30.3 Å². The van der Waals surface area contributed by atoms with Gasteiger partial charge in [0.05, 0.1) is 29.9 Å². The van der Waals surface area contributed by atoms with Crippen molar-refractivity contribution in [3.8, 4) is 22.9 Å². The van der Waals surface area contributed by atoms with Crippen LogP contribution in [-0.4, -0.2) is 56.7 Å². The highest BCUT2D eigenvalue weighted by molar-refractivity contribution is 5.85. The van der Waals surface area contributed by atoms with Crippen molar-refractivity contribution in [3.63, 3.8) is 0 Å². The number of pyridine rings is 2. The molecule has 0 aliphatic carbocycles. The van der Waals surface area contributed by atoms with Crippen molar-refractivity contribution in [1.29, 1.82) is 5.26 Å². The highest BCUT2D eigenvalue weighted by Crippen LogP contribution is 2.30. The Balaban J connectivity index is 1.29. The van der Waals surface area contributed by atoms with Crippen molar-refractivity contribution < 1.29 is 9.90 Å². The molecular weight excluding hydrogens is 416 g/mol. The smallest absolute Gasteiger partial charge is 0.227 e. The molecule has 0 spiro atoms. The molecule has 33 heavy (non-hydrogen) atoms. The number of fused-ring (bicyclic) bond motifs is 1. The highest BCUT2D eigenvalue weighted by atomic mass is 16.3. The second kappa shape index (κ2) is 8.63. The fourth-order valence-electron chi connectivity index (χ4n) is 4.21. The lowest BCUT2D eigenvalue weighted by molar-refractivity contribution is -0.130. The minimum atomic E-state index is 0.0606. The number of hydrogen-bond acceptors (Lipinski definition) is 6. The topological polar surface area (TPSA) is 97.8 Å². The van der Waals surface area contributed by atoms with Crippen LogP contribution in [0.3, 0.4) is 0 Å². The molecule has 1 aliphatic heterocycles. The molecular formula is C25H22N6O2. The molecule has 3 aromatic heterocycles. The predicted octanol–water partition coefficient (Wildman–Crippen LogP) is 2.86. The van der Waals surface area contributed by atoms with Gasteiger partial charge in [-0.25, -0.2) is 9.50 Å². The maximum atomic E-state index is 12.6. The van der Waals surface area contributed by atoms with Crippen LogP contribution < -0.4 is 4.90 Å². The lowest BCUT2D eigenvalue weighted by atomic mass is 10.1. The third-order valence-corrected chi connectivity index (χ3v) is 5.93. The third kappa shape index (κ3) is 4.08. The quantitative estimate of drug-likeness (QED) is 0.526. The number of nitrogens with zero attached hydrogens (tertiary/aromatic N) is 6. The van der Waals surface area contributed by atoms with Crippen LogP contribution in [0.15, 0.2) is 67.1 Å². The fraction of sp³-hybridized carbons (Fsp3) is 0.200. The number of aromatic hydroxyl groups is 1. The molecule has 1 saturated heterocycles. The van der Waals surface area contributed by atoms with Crippen molar-refractivity contribution in [2.45, 2.75) is 6.42 Å². The predicted molar refractivity (Wildman–Crippen MR) is 124 cm³/mol. The lowest BCUT2D eigenvalue weighted by Gasteiger charge is -2.35. The Morgan fingerprint density at radius 2 is 1.85 bits per heavy atom. The lowest BCUT2D eigenvalue weighted by Crippen LogP contribution is -2.49. The summed E-state index contributed by atoms with van der Waals surface area (Å²) in [7, 11) is 0. The first-order valence-electron chi connectivity index (χ1n) is 10.8. The van der Waals surface area contributed by atoms with Gasteiger partial charge in [0, 0.05) is 43.5 Å². The zero-order chi connectivity index (χ0) is 22.8. The van der Waals surface area contributed by atoms with Gasteiger partial charge in [-0.15, -0.1) is 0 Å². The molecule has 4 aromatic rings. The van der Waals surface area contributed by atoms with Crippen LogP contribution in [0.5, 0.6) is 5.75 Å². The molecule has 8 nitrogen and oxygen atoms in total. The van der Waals surface area contributed by atoms with Crippen LogP contribution in [0, 0.1) is 11.3 Å². The van der Waals surface area contributed by atoms with Crippen LogP contribution in [0.2, 0.25) is 0 Å². The Morgan fingerprint density at radius 1 is 1.06 bits per heavy atom. The molecule has 1 N–H and O–H groups in total. The number of benzene rings is 1. The number of amides is 1. The number of rotatable bonds is 4. The average Bonchev–Trinajstić information content (AvgIpc) is 3.27. The minimum Gasteiger partial charge on any atom is -0.506 e. The van der Waals surface area contributed by atoms with E-state index in [1.54, 1.807) is 12.3 Å². The van der Waals surface area contributed by atoms with Gasteiger partial charge >= 0.3 is 0 Å². The first-order chi connectivity index (χ1) is 16.1. The van der Waals surface area contributed by atoms with Crippen LogP contribution in [-0.2, 0) is 11.2 Å². The van der Waals surface area contributed by atoms with E-state index in [2.05, 4.69) is 21.1 Å². The van der Waals surface area contributed by atoms with Crippen LogP contribution in [0.4, 0.5) is 5.82 Å². The van der Waals surface area contributed by atoms with Gasteiger partial charge in [0.15, 0.2) is 0 Å². The van der Waals surface area contributed by atoms with E-state index in [4.69, 9.17) is 0 Å². The molecule has 0 atom stereocenters. The van der Waals surface area contributed by atoms with E-state index in [1.807, 2.05) is 47.4 Å². The summed E-state index contributed by atoms with van der Waals surface area (Å²) in [5, 5.41) is 23.6. The summed E-state index contributed by atoms with van der Waals surface area (Å²) < 4.78 is 1.50. The number of nitriles is 1. The molecule has 8 heteroatoms. The molecule has 5 rings (SSSR count). The van der Waals surface area contributed by atoms with Crippen molar-refractivity contribution in [3.05, 3.63) is 78.2 Å². The Morgan fingerprint density at radius 3 is 2.55 bits per heavy atom. The standard InChI is InChI=1S/C25H22N6O2/c26-14-20-16-28-31-17-21(32)13-22(25(20)31)19-6-7-23(27-15-19)29-8-10-30(11-9-29)24(33)12-18-4-2-1-3-5-18/h1-7,13,15-17,32H,8-12H2. The molecule has 0 bridgehead atoms. The summed E-state index contributed by atoms with van der Waals surface area (Å²) in [5.41, 5.74) is 3.58. The number of anilines is 1. The van der Waals surface area contributed by atoms with Crippen molar-refractivity contribution in [2.24, 2.45) is 0 Å². The minimum absolute atomic E-state index is 0.0606. The zero-order valence-electron chi connectivity index (χ0n) is 17.9. The van der Waals surface area contributed by atoms with Gasteiger partial charge < -0.3 is 14.9 Å². The molecule has 4 heterocycles. The van der Waals surface area contributed by atoms with Gasteiger partial charge in [-0.05, 0) is 23.8 Å². The van der Waals surface area contributed by atoms with Crippen molar-refractivity contribution in [1.82, 2.24) is 19.5 Å². The van der Waals surface area contributed by atoms with E-state index in [0.29, 0.717) is 49.2 Å². The Kier molecular flexibility index (Phi) is 5.37. The number of aromatic nitrogens is 3. The summed E-state index contributed by atoms with van der Waals surface area (Å²) in [6.07, 6.45) is 5.12. The zero-order valence-corrected chi connectivity index (χ0v) is 17.9. The molecule has 164 valence electrons. The average molecular weight is 438 g/mol. The fourth-order valence-corrected chi connectivity index (χ4v) is 4.21. The molecule has 1 aliphatic rings. The van der Waals surface area contributed by atoms with Gasteiger partial charge in [-0.3, -0.25) is 4.79 Å². The highest BCUT2D eigenvalue weighted by Gasteiger charge is 2.22. The maximum Gasteiger partial charge on any atom is 0.227 e. The van der Waals surface area contributed by atoms with Crippen LogP contribution >= 0.6 is 0 Å². The third-order valence-electron chi connectivity index (χ3n) is 5.93. The first-order valence-corrected chi connectivity index (χ1v) is 10.8. The second-order valence-corrected chi connectivity index (χ2v) is 8.01. The van der Waals surface area contributed by atoms with E-state index < -0.39 is 0 Å².